The van der Waals surface area contributed by atoms with Gasteiger partial charge in [0.05, 0.1) is 5.56 Å². The van der Waals surface area contributed by atoms with Gasteiger partial charge in [0.2, 0.25) is 0 Å². The maximum absolute atomic E-state index is 13.0. The number of rotatable bonds is 3. The fraction of sp³-hybridized carbons (Fsp3) is 0.136. The second-order valence-electron chi connectivity index (χ2n) is 6.62. The monoisotopic (exact) mass is 435 g/mol. The van der Waals surface area contributed by atoms with Crippen LogP contribution in [0, 0.1) is 0 Å². The molecule has 0 saturated carbocycles. The van der Waals surface area contributed by atoms with Crippen LogP contribution in [0.1, 0.15) is 32.7 Å². The maximum atomic E-state index is 13.0. The van der Waals surface area contributed by atoms with E-state index >= 15 is 0 Å². The zero-order chi connectivity index (χ0) is 19.5. The van der Waals surface area contributed by atoms with Gasteiger partial charge in [0.25, 0.3) is 11.8 Å². The molecule has 1 N–H and O–H groups in total. The highest BCUT2D eigenvalue weighted by atomic mass is 79.9. The van der Waals surface area contributed by atoms with E-state index in [1.165, 1.54) is 6.20 Å². The lowest BCUT2D eigenvalue weighted by molar-refractivity contribution is 0.0984. The van der Waals surface area contributed by atoms with Gasteiger partial charge in [0.1, 0.15) is 0 Å². The van der Waals surface area contributed by atoms with Gasteiger partial charge < -0.3 is 10.2 Å². The van der Waals surface area contributed by atoms with Crippen LogP contribution in [0.4, 0.5) is 11.4 Å². The number of fused-ring (bicyclic) bond motifs is 1. The number of pyridine rings is 1. The highest BCUT2D eigenvalue weighted by molar-refractivity contribution is 9.10. The van der Waals surface area contributed by atoms with Crippen molar-refractivity contribution in [2.24, 2.45) is 0 Å². The molecule has 5 nitrogen and oxygen atoms in total. The molecule has 0 unspecified atom stereocenters. The normalized spacial score (nSPS) is 13.0. The Morgan fingerprint density at radius 1 is 1.00 bits per heavy atom. The molecule has 1 aromatic heterocycles. The number of hydrogen-bond acceptors (Lipinski definition) is 3. The molecular formula is C22H18BrN3O2. The van der Waals surface area contributed by atoms with Crippen molar-refractivity contribution in [3.05, 3.63) is 88.2 Å². The second-order valence-corrected chi connectivity index (χ2v) is 7.53. The van der Waals surface area contributed by atoms with Crippen molar-refractivity contribution in [3.63, 3.8) is 0 Å². The minimum Gasteiger partial charge on any atom is -0.322 e. The summed E-state index contributed by atoms with van der Waals surface area (Å²) in [6.07, 6.45) is 4.98. The van der Waals surface area contributed by atoms with Gasteiger partial charge in [-0.2, -0.15) is 0 Å². The molecule has 2 amide bonds. The molecule has 1 aliphatic rings. The number of halogens is 1. The molecule has 0 saturated heterocycles. The zero-order valence-electron chi connectivity index (χ0n) is 15.1. The first-order chi connectivity index (χ1) is 13.6. The number of nitrogens with one attached hydrogen (secondary N) is 1. The van der Waals surface area contributed by atoms with Crippen LogP contribution in [-0.2, 0) is 6.42 Å². The van der Waals surface area contributed by atoms with Gasteiger partial charge in [-0.15, -0.1) is 0 Å². The van der Waals surface area contributed by atoms with Crippen LogP contribution in [0.25, 0.3) is 0 Å². The van der Waals surface area contributed by atoms with E-state index in [0.29, 0.717) is 23.4 Å². The average molecular weight is 436 g/mol. The van der Waals surface area contributed by atoms with Crippen molar-refractivity contribution in [2.75, 3.05) is 16.8 Å². The minimum absolute atomic E-state index is 0.0267. The molecule has 0 spiro atoms. The molecule has 140 valence electrons. The molecule has 0 fully saturated rings. The van der Waals surface area contributed by atoms with E-state index in [1.807, 2.05) is 48.5 Å². The Morgan fingerprint density at radius 3 is 2.61 bits per heavy atom. The molecule has 0 aliphatic carbocycles. The molecule has 6 heteroatoms. The van der Waals surface area contributed by atoms with E-state index in [1.54, 1.807) is 17.2 Å². The van der Waals surface area contributed by atoms with E-state index in [4.69, 9.17) is 0 Å². The average Bonchev–Trinajstić information content (AvgIpc) is 2.73. The van der Waals surface area contributed by atoms with E-state index in [0.717, 1.165) is 28.6 Å². The van der Waals surface area contributed by atoms with Crippen LogP contribution in [0.3, 0.4) is 0 Å². The van der Waals surface area contributed by atoms with Gasteiger partial charge in [-0.25, -0.2) is 0 Å². The Bertz CT molecular complexity index is 1040. The van der Waals surface area contributed by atoms with Crippen LogP contribution in [0.2, 0.25) is 0 Å². The fourth-order valence-electron chi connectivity index (χ4n) is 3.34. The summed E-state index contributed by atoms with van der Waals surface area (Å²) in [4.78, 5) is 31.3. The van der Waals surface area contributed by atoms with E-state index < -0.39 is 0 Å². The number of anilines is 2. The Balaban J connectivity index is 1.61. The largest absolute Gasteiger partial charge is 0.322 e. The molecule has 2 heterocycles. The third kappa shape index (κ3) is 3.82. The van der Waals surface area contributed by atoms with E-state index in [9.17, 15) is 9.59 Å². The third-order valence-corrected chi connectivity index (χ3v) is 5.13. The molecular weight excluding hydrogens is 418 g/mol. The number of nitrogens with zero attached hydrogens (tertiary/aromatic N) is 2. The summed E-state index contributed by atoms with van der Waals surface area (Å²) in [5.41, 5.74) is 3.73. The van der Waals surface area contributed by atoms with Gasteiger partial charge in [-0.05, 0) is 64.7 Å². The van der Waals surface area contributed by atoms with Crippen LogP contribution in [0.5, 0.6) is 0 Å². The van der Waals surface area contributed by atoms with Gasteiger partial charge in [0.15, 0.2) is 0 Å². The Labute approximate surface area is 171 Å². The van der Waals surface area contributed by atoms with Crippen molar-refractivity contribution in [1.82, 2.24) is 4.98 Å². The molecule has 0 bridgehead atoms. The summed E-state index contributed by atoms with van der Waals surface area (Å²) in [5, 5.41) is 2.90. The molecule has 0 radical (unpaired) electrons. The smallest absolute Gasteiger partial charge is 0.258 e. The summed E-state index contributed by atoms with van der Waals surface area (Å²) in [6.45, 7) is 0.660. The Kier molecular flexibility index (Phi) is 5.21. The first-order valence-corrected chi connectivity index (χ1v) is 9.83. The van der Waals surface area contributed by atoms with Gasteiger partial charge >= 0.3 is 0 Å². The highest BCUT2D eigenvalue weighted by Crippen LogP contribution is 2.31. The lowest BCUT2D eigenvalue weighted by Crippen LogP contribution is -2.35. The topological polar surface area (TPSA) is 62.3 Å². The second kappa shape index (κ2) is 7.94. The number of amides is 2. The molecule has 3 aromatic rings. The summed E-state index contributed by atoms with van der Waals surface area (Å²) >= 11 is 3.32. The summed E-state index contributed by atoms with van der Waals surface area (Å²) in [7, 11) is 0. The first-order valence-electron chi connectivity index (χ1n) is 9.03. The molecule has 4 rings (SSSR count). The lowest BCUT2D eigenvalue weighted by atomic mass is 10.00. The number of benzene rings is 2. The van der Waals surface area contributed by atoms with Gasteiger partial charge in [-0.3, -0.25) is 14.6 Å². The van der Waals surface area contributed by atoms with E-state index in [-0.39, 0.29) is 11.8 Å². The number of carbonyl (C=O) groups excluding carboxylic acids is 2. The molecule has 1 aliphatic heterocycles. The quantitative estimate of drug-likeness (QED) is 0.648. The predicted molar refractivity (Wildman–Crippen MR) is 113 cm³/mol. The van der Waals surface area contributed by atoms with Crippen molar-refractivity contribution < 1.29 is 9.59 Å². The maximum Gasteiger partial charge on any atom is 0.258 e. The summed E-state index contributed by atoms with van der Waals surface area (Å²) in [5.74, 6) is -0.272. The minimum atomic E-state index is -0.245. The number of aryl methyl sites for hydroxylation is 1. The van der Waals surface area contributed by atoms with Crippen LogP contribution in [-0.4, -0.2) is 23.3 Å². The highest BCUT2D eigenvalue weighted by Gasteiger charge is 2.24. The standard InChI is InChI=1S/C22H18BrN3O2/c23-18-11-17(13-24-14-18)21(27)25-19-9-8-15-7-4-10-26(20(15)12-19)22(28)16-5-2-1-3-6-16/h1-3,5-6,8-9,11-14H,4,7,10H2,(H,25,27). The Hall–Kier alpha value is -2.99. The van der Waals surface area contributed by atoms with Crippen molar-refractivity contribution in [2.45, 2.75) is 12.8 Å². The van der Waals surface area contributed by atoms with Gasteiger partial charge in [0, 0.05) is 40.3 Å². The summed E-state index contributed by atoms with van der Waals surface area (Å²) < 4.78 is 0.741. The third-order valence-electron chi connectivity index (χ3n) is 4.69. The number of hydrogen-bond donors (Lipinski definition) is 1. The fourth-order valence-corrected chi connectivity index (χ4v) is 3.70. The van der Waals surface area contributed by atoms with Crippen LogP contribution >= 0.6 is 15.9 Å². The zero-order valence-corrected chi connectivity index (χ0v) is 16.6. The first kappa shape index (κ1) is 18.4. The van der Waals surface area contributed by atoms with E-state index in [2.05, 4.69) is 26.2 Å². The number of carbonyl (C=O) groups is 2. The van der Waals surface area contributed by atoms with Gasteiger partial charge in [-0.1, -0.05) is 24.3 Å². The summed E-state index contributed by atoms with van der Waals surface area (Å²) in [6, 6.07) is 16.7. The molecule has 2 aromatic carbocycles. The van der Waals surface area contributed by atoms with Crippen LogP contribution < -0.4 is 10.2 Å². The SMILES string of the molecule is O=C(Nc1ccc2c(c1)N(C(=O)c1ccccc1)CCC2)c1cncc(Br)c1. The lowest BCUT2D eigenvalue weighted by Gasteiger charge is -2.30. The van der Waals surface area contributed by atoms with Crippen LogP contribution in [0.15, 0.2) is 71.5 Å². The number of aromatic nitrogens is 1. The van der Waals surface area contributed by atoms with Crippen molar-refractivity contribution >= 4 is 39.1 Å². The Morgan fingerprint density at radius 2 is 1.82 bits per heavy atom. The van der Waals surface area contributed by atoms with Crippen molar-refractivity contribution in [1.29, 1.82) is 0 Å². The molecule has 0 atom stereocenters. The van der Waals surface area contributed by atoms with Crippen molar-refractivity contribution in [3.8, 4) is 0 Å². The predicted octanol–water partition coefficient (Wildman–Crippen LogP) is 4.69. The molecule has 28 heavy (non-hydrogen) atoms.